The van der Waals surface area contributed by atoms with E-state index >= 15 is 0 Å². The van der Waals surface area contributed by atoms with Gasteiger partial charge in [-0.05, 0) is 66.8 Å². The first kappa shape index (κ1) is 79.6. The summed E-state index contributed by atoms with van der Waals surface area (Å²) in [5.41, 5.74) is 19.7. The first-order valence-electron chi connectivity index (χ1n) is 27.7. The van der Waals surface area contributed by atoms with Crippen molar-refractivity contribution in [1.82, 2.24) is 0 Å². The molecule has 0 saturated carbocycles. The maximum atomic E-state index is 9.87. The number of pyridine rings is 4. The van der Waals surface area contributed by atoms with Crippen molar-refractivity contribution in [2.45, 2.75) is 40.0 Å². The van der Waals surface area contributed by atoms with Crippen molar-refractivity contribution in [3.8, 4) is 78.9 Å². The predicted octanol–water partition coefficient (Wildman–Crippen LogP) is 25.9. The van der Waals surface area contributed by atoms with Gasteiger partial charge in [0.05, 0.1) is 12.1 Å². The van der Waals surface area contributed by atoms with Gasteiger partial charge in [-0.15, -0.1) is 0 Å². The van der Waals surface area contributed by atoms with Gasteiger partial charge in [-0.1, -0.05) is 146 Å². The minimum absolute atomic E-state index is 0.826. The first-order chi connectivity index (χ1) is 44.2. The maximum Gasteiger partial charge on any atom is 0.173 e. The van der Waals surface area contributed by atoms with E-state index in [1.165, 1.54) is 103 Å². The summed E-state index contributed by atoms with van der Waals surface area (Å²) in [6, 6.07) is 74.8. The van der Waals surface area contributed by atoms with Gasteiger partial charge in [0.2, 0.25) is 0 Å². The van der Waals surface area contributed by atoms with Gasteiger partial charge in [0.1, 0.15) is 0 Å². The number of halogens is 24. The van der Waals surface area contributed by atoms with E-state index in [9.17, 15) is 101 Å². The van der Waals surface area contributed by atoms with Crippen LogP contribution >= 0.6 is 31.2 Å². The summed E-state index contributed by atoms with van der Waals surface area (Å²) >= 11 is 0. The molecule has 28 aliphatic heterocycles. The van der Waals surface area contributed by atoms with E-state index in [0.29, 0.717) is 0 Å². The van der Waals surface area contributed by atoms with Gasteiger partial charge in [-0.25, -0.2) is 18.3 Å². The molecular weight excluding hydrogens is 1430 g/mol. The van der Waals surface area contributed by atoms with Gasteiger partial charge in [-0.2, -0.15) is 10.5 Å². The Morgan fingerprint density at radius 1 is 0.204 bits per heavy atom. The van der Waals surface area contributed by atoms with Crippen LogP contribution < -0.4 is 18.3 Å². The summed E-state index contributed by atoms with van der Waals surface area (Å²) in [5.74, 6) is 0. The summed E-state index contributed by atoms with van der Waals surface area (Å²) < 4.78 is 246. The van der Waals surface area contributed by atoms with Crippen molar-refractivity contribution >= 4 is 31.2 Å². The van der Waals surface area contributed by atoms with Crippen LogP contribution in [0.25, 0.3) is 66.8 Å². The monoisotopic (exact) mass is 1490 g/mol. The zero-order chi connectivity index (χ0) is 73.7. The Balaban J connectivity index is 0.000000422. The number of hydrogen-bond donors (Lipinski definition) is 0. The number of nitrogens with zero attached hydrogens (tertiary/aromatic N) is 6. The van der Waals surface area contributed by atoms with E-state index in [-0.39, 0.29) is 0 Å². The molecule has 0 amide bonds. The van der Waals surface area contributed by atoms with Crippen LogP contribution in [0.3, 0.4) is 0 Å². The van der Waals surface area contributed by atoms with Gasteiger partial charge >= 0.3 is 132 Å². The second-order valence-electron chi connectivity index (χ2n) is 21.3. The van der Waals surface area contributed by atoms with Crippen LogP contribution in [0.2, 0.25) is 0 Å². The second-order valence-corrected chi connectivity index (χ2v) is 28.9. The smallest absolute Gasteiger partial charge is 0.173 e. The van der Waals surface area contributed by atoms with Gasteiger partial charge in [0, 0.05) is 84.6 Å². The Labute approximate surface area is 543 Å². The minimum Gasteiger partial charge on any atom is -0.201 e. The molecule has 6 aromatic carbocycles. The molecule has 0 unspecified atom stereocenters. The van der Waals surface area contributed by atoms with E-state index in [2.05, 4.69) is 262 Å². The quantitative estimate of drug-likeness (QED) is 0.0863. The number of hydrogen-bond acceptors (Lipinski definition) is 2. The molecule has 528 valence electrons. The van der Waals surface area contributed by atoms with Crippen LogP contribution in [0.4, 0.5) is 101 Å². The third-order valence-corrected chi connectivity index (χ3v) is 12.6. The second kappa shape index (κ2) is 27.0. The molecule has 0 fully saturated rings. The van der Waals surface area contributed by atoms with Crippen molar-refractivity contribution < 1.29 is 119 Å². The van der Waals surface area contributed by atoms with Crippen molar-refractivity contribution in [3.63, 3.8) is 0 Å². The Bertz CT molecular complexity index is 3780. The van der Waals surface area contributed by atoms with Crippen molar-refractivity contribution in [2.24, 2.45) is 0 Å². The molecule has 0 atom stereocenters. The Morgan fingerprint density at radius 3 is 0.378 bits per heavy atom. The number of rotatable bonds is 0. The summed E-state index contributed by atoms with van der Waals surface area (Å²) in [4.78, 5) is 0. The fourth-order valence-corrected chi connectivity index (χ4v) is 8.78. The zero-order valence-corrected chi connectivity index (χ0v) is 54.0. The molecule has 34 heteroatoms. The average Bonchev–Trinajstić information content (AvgIpc) is 0.802. The topological polar surface area (TPSA) is 63.1 Å². The molecule has 0 N–H and O–H groups in total. The Hall–Kier alpha value is -9.06. The molecule has 6 nitrogen and oxygen atoms in total. The van der Waals surface area contributed by atoms with Gasteiger partial charge in [0.15, 0.2) is 75.8 Å². The van der Waals surface area contributed by atoms with Crippen LogP contribution in [0.1, 0.15) is 36.1 Å². The molecule has 4 aromatic heterocycles. The van der Waals surface area contributed by atoms with Crippen molar-refractivity contribution in [3.05, 3.63) is 266 Å². The standard InChI is InChI=1S/C60H48N4.2C2H3N.4F6P/c1-2-46-4-3-45(1)41-61-33-25-57(26-34-61)53-17-9-49(10-18-53)51-13-21-55(22-14-51)59-29-37-63(38-30-59)43-47-5-7-48(8-6-47)44-64-39-31-60(32-40-64)56-23-15-52(16-24-56)50-11-19-54(20-12-50)58-27-35-62(42-46)36-28-58;2*1-2-3;4*1-7(2,3,4,5)6/h1-40H,41-44H2;2*1H3;;;;/q+4;;;4*-1. The van der Waals surface area contributed by atoms with Crippen LogP contribution in [0.5, 0.6) is 0 Å². The molecule has 98 heavy (non-hydrogen) atoms. The summed E-state index contributed by atoms with van der Waals surface area (Å²) in [7, 11) is -42.6. The number of nitriles is 2. The maximum absolute atomic E-state index is 10.7. The summed E-state index contributed by atoms with van der Waals surface area (Å²) in [6.45, 7) is 6.16. The third-order valence-electron chi connectivity index (χ3n) is 12.6. The van der Waals surface area contributed by atoms with Gasteiger partial charge in [0.25, 0.3) is 0 Å². The molecule has 0 radical (unpaired) electrons. The minimum atomic E-state index is -10.7. The van der Waals surface area contributed by atoms with E-state index < -0.39 is 31.2 Å². The summed E-state index contributed by atoms with van der Waals surface area (Å²) in [5, 5.41) is 14.6. The molecule has 28 aliphatic rings. The van der Waals surface area contributed by atoms with Crippen LogP contribution in [-0.4, -0.2) is 0 Å². The fourth-order valence-electron chi connectivity index (χ4n) is 8.78. The predicted molar refractivity (Wildman–Crippen MR) is 332 cm³/mol. The molecular formula is C64H54F24N6P4. The zero-order valence-electron chi connectivity index (χ0n) is 50.5. The molecule has 0 aliphatic carbocycles. The van der Waals surface area contributed by atoms with Gasteiger partial charge in [-0.3, -0.25) is 0 Å². The average molecular weight is 1490 g/mol. The third kappa shape index (κ3) is 37.5. The van der Waals surface area contributed by atoms with Gasteiger partial charge < -0.3 is 0 Å². The summed E-state index contributed by atoms with van der Waals surface area (Å²) in [6.07, 6.45) is 17.4. The van der Waals surface area contributed by atoms with E-state index in [0.717, 1.165) is 26.2 Å². The van der Waals surface area contributed by atoms with Crippen molar-refractivity contribution in [1.29, 1.82) is 10.5 Å². The normalized spacial score (nSPS) is 14.7. The Morgan fingerprint density at radius 2 is 0.286 bits per heavy atom. The van der Waals surface area contributed by atoms with E-state index in [1.54, 1.807) is 12.1 Å². The molecule has 38 rings (SSSR count). The molecule has 20 bridgehead atoms. The van der Waals surface area contributed by atoms with E-state index in [4.69, 9.17) is 10.5 Å². The van der Waals surface area contributed by atoms with Crippen LogP contribution in [-0.2, 0) is 26.2 Å². The Kier molecular flexibility index (Phi) is 21.9. The van der Waals surface area contributed by atoms with Crippen LogP contribution in [0.15, 0.2) is 244 Å². The molecule has 10 aromatic rings. The van der Waals surface area contributed by atoms with E-state index in [1.807, 2.05) is 0 Å². The molecule has 0 spiro atoms. The van der Waals surface area contributed by atoms with Crippen molar-refractivity contribution in [2.75, 3.05) is 0 Å². The number of benzene rings is 6. The largest absolute Gasteiger partial charge is 0.201 e. The number of aromatic nitrogens is 4. The van der Waals surface area contributed by atoms with Crippen LogP contribution in [0, 0.1) is 22.7 Å². The SMILES string of the molecule is CC#N.CC#N.F[P-](F)(F)(F)(F)F.F[P-](F)(F)(F)(F)F.F[P-](F)(F)(F)(F)F.F[P-](F)(F)(F)(F)F.c1cc2ccc1C[n+]1ccc(cc1)-c1ccc(cc1)-c1ccc(cc1)-c1cc[n+](cc1)Cc1ccc(cc1)C[n+]1ccc(cc1)-c1ccc(cc1)-c1ccc(cc1)-c1cc[n+](cc1)C2. The first-order valence-corrected chi connectivity index (χ1v) is 35.8. The molecule has 32 heterocycles. The molecule has 0 saturated heterocycles. The fraction of sp³-hybridized carbons (Fsp3) is 0.0938.